The highest BCUT2D eigenvalue weighted by Crippen LogP contribution is 2.31. The third-order valence-electron chi connectivity index (χ3n) is 11.2. The maximum Gasteiger partial charge on any atom is 0.135 e. The van der Waals surface area contributed by atoms with Gasteiger partial charge in [0.25, 0.3) is 0 Å². The highest BCUT2D eigenvalue weighted by atomic mass is 19.1. The topological polar surface area (TPSA) is 77.5 Å². The summed E-state index contributed by atoms with van der Waals surface area (Å²) in [4.78, 5) is 4.32. The van der Waals surface area contributed by atoms with E-state index in [2.05, 4.69) is 4.98 Å². The Morgan fingerprint density at radius 1 is 0.296 bits per heavy atom. The maximum atomic E-state index is 14.7. The summed E-state index contributed by atoms with van der Waals surface area (Å²) in [5.74, 6) is 2.34. The number of benzene rings is 8. The lowest BCUT2D eigenvalue weighted by Gasteiger charge is -2.16. The van der Waals surface area contributed by atoms with E-state index in [4.69, 9.17) is 33.2 Å². The zero-order valence-electron chi connectivity index (χ0n) is 38.9. The number of hydrogen-bond donors (Lipinski definition) is 0. The van der Waals surface area contributed by atoms with Crippen LogP contribution in [0.2, 0.25) is 0 Å². The van der Waals surface area contributed by atoms with E-state index in [-0.39, 0.29) is 32.0 Å². The summed E-state index contributed by atoms with van der Waals surface area (Å²) in [6, 6.07) is 64.2. The van der Waals surface area contributed by atoms with E-state index >= 15 is 0 Å². The summed E-state index contributed by atoms with van der Waals surface area (Å²) >= 11 is 0. The Morgan fingerprint density at radius 2 is 0.634 bits per heavy atom. The molecular formula is C61H51F2NO7. The molecular weight excluding hydrogens is 897 g/mol. The fourth-order valence-corrected chi connectivity index (χ4v) is 7.63. The molecule has 0 spiro atoms. The van der Waals surface area contributed by atoms with Crippen molar-refractivity contribution in [1.29, 1.82) is 0 Å². The molecule has 0 aliphatic heterocycles. The minimum atomic E-state index is -0.690. The Morgan fingerprint density at radius 3 is 1.00 bits per heavy atom. The van der Waals surface area contributed by atoms with E-state index < -0.39 is 11.6 Å². The SMILES string of the molecule is Fc1ccc(-c2cc(COCc3cc(OCc4cc(OCc5ccccc5)cc(OCc5ccccc5)c4)cc(OCc4cc(OCc5ccccc5)cc(OCc5ccccc5)c4)c3)ccn2)c(F)c1. The molecule has 8 aromatic carbocycles. The molecule has 0 saturated carbocycles. The zero-order chi connectivity index (χ0) is 48.5. The van der Waals surface area contributed by atoms with Crippen LogP contribution in [0.3, 0.4) is 0 Å². The minimum Gasteiger partial charge on any atom is -0.489 e. The Labute approximate surface area is 412 Å². The molecule has 0 unspecified atom stereocenters. The molecule has 0 saturated heterocycles. The molecule has 1 heterocycles. The first kappa shape index (κ1) is 47.6. The second-order valence-corrected chi connectivity index (χ2v) is 16.8. The van der Waals surface area contributed by atoms with Crippen molar-refractivity contribution in [3.8, 4) is 45.8 Å². The van der Waals surface area contributed by atoms with Gasteiger partial charge in [0.05, 0.1) is 18.9 Å². The van der Waals surface area contributed by atoms with Gasteiger partial charge in [-0.2, -0.15) is 0 Å². The van der Waals surface area contributed by atoms with Gasteiger partial charge in [0, 0.05) is 36.0 Å². The van der Waals surface area contributed by atoms with Gasteiger partial charge in [-0.3, -0.25) is 4.98 Å². The van der Waals surface area contributed by atoms with Crippen molar-refractivity contribution < 1.29 is 41.9 Å². The summed E-state index contributed by atoms with van der Waals surface area (Å²) in [6.07, 6.45) is 1.58. The van der Waals surface area contributed by atoms with Crippen LogP contribution in [0.4, 0.5) is 8.78 Å². The van der Waals surface area contributed by atoms with Crippen molar-refractivity contribution in [2.24, 2.45) is 0 Å². The van der Waals surface area contributed by atoms with E-state index in [9.17, 15) is 8.78 Å². The van der Waals surface area contributed by atoms with Crippen LogP contribution in [-0.4, -0.2) is 4.98 Å². The van der Waals surface area contributed by atoms with Gasteiger partial charge < -0.3 is 33.2 Å². The Kier molecular flexibility index (Phi) is 16.2. The lowest BCUT2D eigenvalue weighted by atomic mass is 10.1. The van der Waals surface area contributed by atoms with Crippen LogP contribution in [0, 0.1) is 11.6 Å². The number of nitrogens with zero attached hydrogens (tertiary/aromatic N) is 1. The number of pyridine rings is 1. The van der Waals surface area contributed by atoms with Crippen LogP contribution in [0.1, 0.15) is 44.5 Å². The Hall–Kier alpha value is -8.47. The number of hydrogen-bond acceptors (Lipinski definition) is 8. The predicted octanol–water partition coefficient (Wildman–Crippen LogP) is 14.2. The van der Waals surface area contributed by atoms with Crippen molar-refractivity contribution in [3.63, 3.8) is 0 Å². The number of ether oxygens (including phenoxy) is 7. The molecule has 9 rings (SSSR count). The Balaban J connectivity index is 0.950. The summed E-state index contributed by atoms with van der Waals surface area (Å²) in [6.45, 7) is 2.32. The van der Waals surface area contributed by atoms with Crippen LogP contribution in [-0.2, 0) is 57.6 Å². The van der Waals surface area contributed by atoms with Crippen molar-refractivity contribution in [1.82, 2.24) is 4.98 Å². The second-order valence-electron chi connectivity index (χ2n) is 16.8. The first-order valence-electron chi connectivity index (χ1n) is 23.2. The van der Waals surface area contributed by atoms with Crippen LogP contribution in [0.15, 0.2) is 212 Å². The standard InChI is InChI=1S/C61H51F2NO7/c62-52-21-22-59(60(63)32-52)61-31-48(23-24-64-61)36-65-37-49-25-53(70-42-50-27-55(66-38-44-13-5-1-6-14-44)34-56(28-50)67-39-45-15-7-2-8-16-45)33-54(26-49)71-43-51-29-57(68-40-46-17-9-3-10-18-46)35-58(30-51)69-41-47-19-11-4-12-20-47/h1-35H,36-43H2. The van der Waals surface area contributed by atoms with E-state index in [1.807, 2.05) is 176 Å². The maximum absolute atomic E-state index is 14.7. The number of halogens is 2. The molecule has 356 valence electrons. The summed E-state index contributed by atoms with van der Waals surface area (Å²) in [5.41, 5.74) is 7.97. The van der Waals surface area contributed by atoms with E-state index in [1.54, 1.807) is 18.3 Å². The fraction of sp³-hybridized carbons (Fsp3) is 0.131. The van der Waals surface area contributed by atoms with Gasteiger partial charge in [-0.25, -0.2) is 8.78 Å². The average molecular weight is 948 g/mol. The van der Waals surface area contributed by atoms with Crippen molar-refractivity contribution >= 4 is 0 Å². The van der Waals surface area contributed by atoms with Gasteiger partial charge in [-0.05, 0) is 105 Å². The number of aromatic nitrogens is 1. The molecule has 71 heavy (non-hydrogen) atoms. The van der Waals surface area contributed by atoms with Gasteiger partial charge in [0.2, 0.25) is 0 Å². The summed E-state index contributed by atoms with van der Waals surface area (Å²) in [7, 11) is 0. The molecule has 0 aliphatic rings. The molecule has 0 fully saturated rings. The average Bonchev–Trinajstić information content (AvgIpc) is 3.41. The van der Waals surface area contributed by atoms with Crippen LogP contribution in [0.5, 0.6) is 34.5 Å². The Bertz CT molecular complexity index is 2820. The highest BCUT2D eigenvalue weighted by molar-refractivity contribution is 5.60. The molecule has 0 bridgehead atoms. The molecule has 9 aromatic rings. The first-order valence-corrected chi connectivity index (χ1v) is 23.2. The lowest BCUT2D eigenvalue weighted by molar-refractivity contribution is 0.106. The monoisotopic (exact) mass is 947 g/mol. The molecule has 1 aromatic heterocycles. The van der Waals surface area contributed by atoms with Crippen LogP contribution < -0.4 is 28.4 Å². The predicted molar refractivity (Wildman–Crippen MR) is 269 cm³/mol. The normalized spacial score (nSPS) is 10.9. The van der Waals surface area contributed by atoms with Crippen LogP contribution in [0.25, 0.3) is 11.3 Å². The lowest BCUT2D eigenvalue weighted by Crippen LogP contribution is -2.03. The molecule has 10 heteroatoms. The van der Waals surface area contributed by atoms with Gasteiger partial charge in [0.15, 0.2) is 0 Å². The molecule has 0 amide bonds. The third-order valence-corrected chi connectivity index (χ3v) is 11.2. The van der Waals surface area contributed by atoms with Gasteiger partial charge in [-0.15, -0.1) is 0 Å². The van der Waals surface area contributed by atoms with Gasteiger partial charge in [0.1, 0.15) is 85.8 Å². The minimum absolute atomic E-state index is 0.191. The van der Waals surface area contributed by atoms with Crippen molar-refractivity contribution in [2.45, 2.75) is 52.9 Å². The summed E-state index contributed by atoms with van der Waals surface area (Å²) in [5, 5.41) is 0. The molecule has 0 radical (unpaired) electrons. The van der Waals surface area contributed by atoms with Gasteiger partial charge in [-0.1, -0.05) is 121 Å². The largest absolute Gasteiger partial charge is 0.489 e. The smallest absolute Gasteiger partial charge is 0.135 e. The highest BCUT2D eigenvalue weighted by Gasteiger charge is 2.13. The summed E-state index contributed by atoms with van der Waals surface area (Å²) < 4.78 is 72.8. The number of rotatable bonds is 23. The fourth-order valence-electron chi connectivity index (χ4n) is 7.63. The van der Waals surface area contributed by atoms with Crippen LogP contribution >= 0.6 is 0 Å². The van der Waals surface area contributed by atoms with Gasteiger partial charge >= 0.3 is 0 Å². The second kappa shape index (κ2) is 24.2. The zero-order valence-corrected chi connectivity index (χ0v) is 38.9. The van der Waals surface area contributed by atoms with E-state index in [0.717, 1.165) is 50.6 Å². The first-order chi connectivity index (χ1) is 34.9. The quantitative estimate of drug-likeness (QED) is 0.0628. The molecule has 0 atom stereocenters. The van der Waals surface area contributed by atoms with E-state index in [0.29, 0.717) is 66.6 Å². The molecule has 0 aliphatic carbocycles. The van der Waals surface area contributed by atoms with Crippen molar-refractivity contribution in [3.05, 3.63) is 269 Å². The van der Waals surface area contributed by atoms with Crippen molar-refractivity contribution in [2.75, 3.05) is 0 Å². The molecule has 8 nitrogen and oxygen atoms in total. The third kappa shape index (κ3) is 14.5. The molecule has 0 N–H and O–H groups in total. The van der Waals surface area contributed by atoms with E-state index in [1.165, 1.54) is 12.1 Å².